The van der Waals surface area contributed by atoms with Crippen molar-refractivity contribution in [2.75, 3.05) is 14.1 Å². The van der Waals surface area contributed by atoms with Crippen LogP contribution >= 0.6 is 7.92 Å². The molecule has 0 amide bonds. The van der Waals surface area contributed by atoms with Crippen molar-refractivity contribution in [3.05, 3.63) is 89.0 Å². The van der Waals surface area contributed by atoms with Crippen LogP contribution in [0.15, 0.2) is 60.7 Å². The molecule has 2 nitrogen and oxygen atoms in total. The van der Waals surface area contributed by atoms with Crippen LogP contribution < -0.4 is 5.30 Å². The predicted octanol–water partition coefficient (Wildman–Crippen LogP) is 9.99. The Hall–Kier alpha value is -1.83. The summed E-state index contributed by atoms with van der Waals surface area (Å²) >= 11 is 0. The van der Waals surface area contributed by atoms with Crippen LogP contribution in [0.1, 0.15) is 86.5 Å². The first-order chi connectivity index (χ1) is 21.0. The molecule has 2 saturated carbocycles. The van der Waals surface area contributed by atoms with E-state index in [1.165, 1.54) is 92.0 Å². The number of alkyl halides is 3. The fourth-order valence-corrected chi connectivity index (χ4v) is 11.4. The Morgan fingerprint density at radius 1 is 0.822 bits per heavy atom. The molecule has 2 fully saturated rings. The van der Waals surface area contributed by atoms with E-state index in [1.54, 1.807) is 10.9 Å². The van der Waals surface area contributed by atoms with Gasteiger partial charge in [0.15, 0.2) is 0 Å². The second-order valence-corrected chi connectivity index (χ2v) is 15.8. The minimum Gasteiger partial charge on any atom is -0.533 e. The number of benzene rings is 3. The van der Waals surface area contributed by atoms with Gasteiger partial charge in [-0.05, 0) is 109 Å². The standard InChI is InChI=1S/C27H37P.C9H12N.C2F3O.Pd/c1-20-18-21(2)27(22(3)19-20)25-16-10-11-17-26(25)28(23-12-6-4-7-13-23)24-14-8-5-9-15-24;1-10(2)8-9-6-4-3-5-7-9;3-2(4,5)1-6;/h10-11,16-19,23-24H,4-9,12-15H2,1-3H3;3-6H,8H2,1-2H3;;/q;2*-1;/p+1. The zero-order valence-electron chi connectivity index (χ0n) is 27.5. The second kappa shape index (κ2) is 19.7. The molecule has 0 radical (unpaired) electrons. The van der Waals surface area contributed by atoms with Gasteiger partial charge in [0.05, 0.1) is 16.6 Å². The quantitative estimate of drug-likeness (QED) is 0.143. The predicted molar refractivity (Wildman–Crippen MR) is 182 cm³/mol. The number of nitrogens with zero attached hydrogens (tertiary/aromatic N) is 1. The van der Waals surface area contributed by atoms with Crippen molar-refractivity contribution >= 4 is 19.5 Å². The smallest absolute Gasteiger partial charge is 0.298 e. The summed E-state index contributed by atoms with van der Waals surface area (Å²) in [7, 11) is 3.57. The summed E-state index contributed by atoms with van der Waals surface area (Å²) in [6.07, 6.45) is 9.86. The number of aryl methyl sites for hydroxylation is 3. The molecule has 0 aliphatic heterocycles. The Bertz CT molecular complexity index is 1240. The maximum absolute atomic E-state index is 10.4. The minimum atomic E-state index is -4.76. The average molecular weight is 731 g/mol. The molecular formula is C38H50F3NOPPd-. The molecule has 0 spiro atoms. The van der Waals surface area contributed by atoms with Crippen LogP contribution in [0.25, 0.3) is 11.1 Å². The molecule has 0 unspecified atom stereocenters. The van der Waals surface area contributed by atoms with Crippen molar-refractivity contribution < 1.29 is 38.4 Å². The third kappa shape index (κ3) is 13.1. The van der Waals surface area contributed by atoms with E-state index in [2.05, 4.69) is 88.3 Å². The van der Waals surface area contributed by atoms with Crippen molar-refractivity contribution in [1.29, 1.82) is 0 Å². The van der Waals surface area contributed by atoms with Crippen molar-refractivity contribution in [2.24, 2.45) is 0 Å². The van der Waals surface area contributed by atoms with Gasteiger partial charge in [0, 0.05) is 40.5 Å². The van der Waals surface area contributed by atoms with E-state index < -0.39 is 14.1 Å². The molecule has 3 aromatic rings. The number of rotatable bonds is 6. The fraction of sp³-hybridized carbons (Fsp3) is 0.500. The molecule has 2 aliphatic carbocycles. The minimum absolute atomic E-state index is 0. The monoisotopic (exact) mass is 730 g/mol. The van der Waals surface area contributed by atoms with Crippen molar-refractivity contribution in [1.82, 2.24) is 4.90 Å². The first kappa shape index (κ1) is 39.4. The second-order valence-electron chi connectivity index (χ2n) is 12.7. The van der Waals surface area contributed by atoms with Gasteiger partial charge in [0.1, 0.15) is 0 Å². The van der Waals surface area contributed by atoms with Crippen LogP contribution in [0.2, 0.25) is 0 Å². The van der Waals surface area contributed by atoms with Crippen LogP contribution in [0.4, 0.5) is 13.2 Å². The molecule has 2 aliphatic rings. The fourth-order valence-electron chi connectivity index (χ4n) is 7.03. The van der Waals surface area contributed by atoms with Gasteiger partial charge in [-0.2, -0.15) is 36.6 Å². The molecule has 0 aromatic heterocycles. The number of hydrogen-bond acceptors (Lipinski definition) is 2. The number of halogens is 3. The van der Waals surface area contributed by atoms with E-state index >= 15 is 0 Å². The van der Waals surface area contributed by atoms with Gasteiger partial charge in [0.25, 0.3) is 6.18 Å². The van der Waals surface area contributed by atoms with E-state index in [1.807, 2.05) is 18.2 Å². The first-order valence-corrected chi connectivity index (χ1v) is 17.8. The van der Waals surface area contributed by atoms with Gasteiger partial charge in [-0.1, -0.05) is 48.7 Å². The molecular weight excluding hydrogens is 681 g/mol. The van der Waals surface area contributed by atoms with E-state index in [4.69, 9.17) is 4.79 Å². The molecule has 45 heavy (non-hydrogen) atoms. The SMILES string of the molecule is CN(C)Cc1[c-]cccc1.Cc1cc(C)c(-c2ccccc2[PH+](C2CCCCC2)C2CCCCC2)c(C)c1.O=[C-]C(F)(F)F.[Pd]. The summed E-state index contributed by atoms with van der Waals surface area (Å²) in [5.74, 6) is 0. The average Bonchev–Trinajstić information content (AvgIpc) is 2.99. The summed E-state index contributed by atoms with van der Waals surface area (Å²) in [5.41, 5.74) is 10.6. The maximum atomic E-state index is 10.4. The zero-order valence-corrected chi connectivity index (χ0v) is 30.1. The molecule has 0 N–H and O–H groups in total. The Morgan fingerprint density at radius 2 is 1.31 bits per heavy atom. The topological polar surface area (TPSA) is 20.3 Å². The van der Waals surface area contributed by atoms with E-state index in [0.29, 0.717) is 0 Å². The molecule has 250 valence electrons. The Balaban J connectivity index is 0.000000343. The maximum Gasteiger partial charge on any atom is 0.298 e. The summed E-state index contributed by atoms with van der Waals surface area (Å²) in [6, 6.07) is 25.5. The van der Waals surface area contributed by atoms with Gasteiger partial charge in [-0.3, -0.25) is 0 Å². The third-order valence-corrected chi connectivity index (χ3v) is 12.6. The number of carbonyl (C=O) groups excluding carboxylic acids is 1. The summed E-state index contributed by atoms with van der Waals surface area (Å²) < 4.78 is 31.1. The van der Waals surface area contributed by atoms with Crippen molar-refractivity contribution in [2.45, 2.75) is 109 Å². The molecule has 7 heteroatoms. The van der Waals surface area contributed by atoms with Crippen molar-refractivity contribution in [3.63, 3.8) is 0 Å². The van der Waals surface area contributed by atoms with Gasteiger partial charge in [-0.25, -0.2) is 13.2 Å². The van der Waals surface area contributed by atoms with Crippen LogP contribution in [0.5, 0.6) is 0 Å². The third-order valence-electron chi connectivity index (χ3n) is 8.65. The van der Waals surface area contributed by atoms with E-state index in [0.717, 1.165) is 17.9 Å². The van der Waals surface area contributed by atoms with Gasteiger partial charge >= 0.3 is 0 Å². The summed E-state index contributed by atoms with van der Waals surface area (Å²) in [5, 5.41) is 1.77. The van der Waals surface area contributed by atoms with Crippen LogP contribution in [-0.4, -0.2) is 42.8 Å². The number of hydrogen-bond donors (Lipinski definition) is 0. The molecule has 0 heterocycles. The van der Waals surface area contributed by atoms with Crippen molar-refractivity contribution in [3.8, 4) is 11.1 Å². The Labute approximate surface area is 285 Å². The Morgan fingerprint density at radius 3 is 1.76 bits per heavy atom. The van der Waals surface area contributed by atoms with Gasteiger partial charge < -0.3 is 9.69 Å². The molecule has 0 saturated heterocycles. The molecule has 0 atom stereocenters. The van der Waals surface area contributed by atoms with Crippen LogP contribution in [0, 0.1) is 26.8 Å². The Kier molecular flexibility index (Phi) is 17.3. The summed E-state index contributed by atoms with van der Waals surface area (Å²) in [4.78, 5) is 10.7. The van der Waals surface area contributed by atoms with Gasteiger partial charge in [0.2, 0.25) is 0 Å². The largest absolute Gasteiger partial charge is 0.533 e. The first-order valence-electron chi connectivity index (χ1n) is 16.1. The molecule has 3 aromatic carbocycles. The van der Waals surface area contributed by atoms with Gasteiger partial charge in [-0.15, -0.1) is 5.56 Å². The summed E-state index contributed by atoms with van der Waals surface area (Å²) in [6.45, 7) is 7.84. The normalized spacial score (nSPS) is 15.8. The van der Waals surface area contributed by atoms with E-state index in [9.17, 15) is 13.2 Å². The molecule has 5 rings (SSSR count). The van der Waals surface area contributed by atoms with Crippen LogP contribution in [0.3, 0.4) is 0 Å². The zero-order chi connectivity index (χ0) is 32.1. The van der Waals surface area contributed by atoms with Crippen LogP contribution in [-0.2, 0) is 31.8 Å². The van der Waals surface area contributed by atoms with E-state index in [-0.39, 0.29) is 26.7 Å². The molecule has 0 bridgehead atoms.